The van der Waals surface area contributed by atoms with Gasteiger partial charge < -0.3 is 5.32 Å². The molecule has 0 spiro atoms. The van der Waals surface area contributed by atoms with Crippen molar-refractivity contribution in [1.29, 1.82) is 5.26 Å². The maximum Gasteiger partial charge on any atom is 0.254 e. The number of halogens is 1. The second-order valence-electron chi connectivity index (χ2n) is 10.6. The van der Waals surface area contributed by atoms with Crippen LogP contribution in [0.4, 0.5) is 10.1 Å². The molecular weight excluding hydrogens is 551 g/mol. The minimum absolute atomic E-state index is 0.0672. The van der Waals surface area contributed by atoms with E-state index in [1.165, 1.54) is 27.8 Å². The Kier molecular flexibility index (Phi) is 7.11. The number of benzene rings is 1. The molecular formula is C30H27FN10O2. The van der Waals surface area contributed by atoms with E-state index in [2.05, 4.69) is 30.7 Å². The highest BCUT2D eigenvalue weighted by Gasteiger charge is 2.25. The first-order chi connectivity index (χ1) is 20.7. The van der Waals surface area contributed by atoms with Crippen molar-refractivity contribution in [3.8, 4) is 34.3 Å². The molecule has 216 valence electrons. The minimum atomic E-state index is -0.559. The molecule has 1 aliphatic rings. The number of hydrogen-bond acceptors (Lipinski definition) is 8. The topological polar surface area (TPSA) is 149 Å². The van der Waals surface area contributed by atoms with Crippen LogP contribution in [0.1, 0.15) is 49.2 Å². The highest BCUT2D eigenvalue weighted by Crippen LogP contribution is 2.33. The molecule has 5 heterocycles. The number of nitrogens with zero attached hydrogens (tertiary/aromatic N) is 9. The third kappa shape index (κ3) is 5.07. The van der Waals surface area contributed by atoms with Gasteiger partial charge >= 0.3 is 0 Å². The zero-order chi connectivity index (χ0) is 30.2. The number of aryl methyl sites for hydroxylation is 2. The van der Waals surface area contributed by atoms with E-state index in [4.69, 9.17) is 0 Å². The summed E-state index contributed by atoms with van der Waals surface area (Å²) >= 11 is 0. The van der Waals surface area contributed by atoms with Gasteiger partial charge in [0.2, 0.25) is 5.91 Å². The van der Waals surface area contributed by atoms with Crippen LogP contribution >= 0.6 is 0 Å². The van der Waals surface area contributed by atoms with Crippen LogP contribution in [0.25, 0.3) is 28.2 Å². The van der Waals surface area contributed by atoms with Crippen LogP contribution in [0.2, 0.25) is 0 Å². The number of amides is 1. The van der Waals surface area contributed by atoms with E-state index in [-0.39, 0.29) is 28.8 Å². The third-order valence-corrected chi connectivity index (χ3v) is 7.75. The van der Waals surface area contributed by atoms with Crippen LogP contribution in [0.3, 0.4) is 0 Å². The van der Waals surface area contributed by atoms with E-state index in [1.807, 2.05) is 25.1 Å². The average molecular weight is 579 g/mol. The van der Waals surface area contributed by atoms with Gasteiger partial charge in [-0.3, -0.25) is 23.8 Å². The molecule has 2 bridgehead atoms. The normalized spacial score (nSPS) is 16.9. The van der Waals surface area contributed by atoms with Crippen LogP contribution in [-0.4, -0.2) is 45.2 Å². The smallest absolute Gasteiger partial charge is 0.254 e. The van der Waals surface area contributed by atoms with Crippen molar-refractivity contribution in [3.05, 3.63) is 88.4 Å². The Balaban J connectivity index is 1.45. The number of aromatic nitrogens is 8. The summed E-state index contributed by atoms with van der Waals surface area (Å²) in [5.74, 6) is -0.928. The molecule has 6 rings (SSSR count). The standard InChI is InChI=1S/C30H27FN10O2/c1-17-7-8-25(41-15-20(13-32)37-38-41)27(28(17)31)22-12-26(42)40(16-34-22)24-6-4-5-18(2)30(43)36-23-14-35-39(3)29(23)19-9-10-33-21(24)11-19/h7-12,14-16,18,24H,4-6H2,1-3H3,(H,36,43)/t18-,24+/m1/s1. The molecule has 4 aromatic heterocycles. The van der Waals surface area contributed by atoms with Crippen molar-refractivity contribution in [1.82, 2.24) is 39.3 Å². The molecule has 0 unspecified atom stereocenters. The molecule has 1 N–H and O–H groups in total. The van der Waals surface area contributed by atoms with E-state index in [0.717, 1.165) is 11.3 Å². The summed E-state index contributed by atoms with van der Waals surface area (Å²) in [5.41, 5.74) is 3.26. The predicted octanol–water partition coefficient (Wildman–Crippen LogP) is 3.95. The Labute approximate surface area is 245 Å². The van der Waals surface area contributed by atoms with Crippen LogP contribution in [-0.2, 0) is 11.8 Å². The average Bonchev–Trinajstić information content (AvgIpc) is 3.63. The molecule has 0 saturated heterocycles. The van der Waals surface area contributed by atoms with Crippen molar-refractivity contribution >= 4 is 11.6 Å². The minimum Gasteiger partial charge on any atom is -0.323 e. The summed E-state index contributed by atoms with van der Waals surface area (Å²) in [7, 11) is 1.80. The molecule has 2 atom stereocenters. The lowest BCUT2D eigenvalue weighted by Gasteiger charge is -2.22. The number of carbonyl (C=O) groups is 1. The maximum atomic E-state index is 15.6. The van der Waals surface area contributed by atoms with E-state index < -0.39 is 17.4 Å². The van der Waals surface area contributed by atoms with Gasteiger partial charge in [-0.25, -0.2) is 14.1 Å². The molecule has 1 amide bonds. The van der Waals surface area contributed by atoms with Gasteiger partial charge in [0.15, 0.2) is 5.69 Å². The number of anilines is 1. The van der Waals surface area contributed by atoms with Crippen molar-refractivity contribution in [2.75, 3.05) is 5.32 Å². The van der Waals surface area contributed by atoms with Gasteiger partial charge in [-0.1, -0.05) is 24.6 Å². The summed E-state index contributed by atoms with van der Waals surface area (Å²) < 4.78 is 20.0. The van der Waals surface area contributed by atoms with Gasteiger partial charge in [-0.2, -0.15) is 10.4 Å². The SMILES string of the molecule is Cc1ccc(-n2cc(C#N)nn2)c(-c2cc(=O)n([C@H]3CCC[C@@H](C)C(=O)Nc4cnn(C)c4-c4ccnc3c4)cn2)c1F. The largest absolute Gasteiger partial charge is 0.323 e. The van der Waals surface area contributed by atoms with Crippen molar-refractivity contribution in [2.24, 2.45) is 13.0 Å². The van der Waals surface area contributed by atoms with Crippen molar-refractivity contribution < 1.29 is 9.18 Å². The van der Waals surface area contributed by atoms with E-state index >= 15 is 4.39 Å². The Morgan fingerprint density at radius 1 is 1.14 bits per heavy atom. The number of carbonyl (C=O) groups excluding carboxylic acids is 1. The fraction of sp³-hybridized carbons (Fsp3) is 0.267. The Hall–Kier alpha value is -5.51. The summed E-state index contributed by atoms with van der Waals surface area (Å²) in [6, 6.07) is 9.65. The lowest BCUT2D eigenvalue weighted by atomic mass is 9.97. The predicted molar refractivity (Wildman–Crippen MR) is 154 cm³/mol. The first-order valence-corrected chi connectivity index (χ1v) is 13.7. The zero-order valence-electron chi connectivity index (χ0n) is 23.7. The molecule has 43 heavy (non-hydrogen) atoms. The summed E-state index contributed by atoms with van der Waals surface area (Å²) in [6.45, 7) is 3.49. The molecule has 5 aromatic rings. The quantitative estimate of drug-likeness (QED) is 0.338. The number of nitriles is 1. The lowest BCUT2D eigenvalue weighted by molar-refractivity contribution is -0.119. The van der Waals surface area contributed by atoms with Gasteiger partial charge in [0.25, 0.3) is 5.56 Å². The fourth-order valence-electron chi connectivity index (χ4n) is 5.40. The first kappa shape index (κ1) is 27.6. The molecule has 0 radical (unpaired) electrons. The molecule has 1 aliphatic heterocycles. The highest BCUT2D eigenvalue weighted by atomic mass is 19.1. The number of pyridine rings is 1. The third-order valence-electron chi connectivity index (χ3n) is 7.75. The number of fused-ring (bicyclic) bond motifs is 4. The molecule has 12 nitrogen and oxygen atoms in total. The number of rotatable bonds is 3. The van der Waals surface area contributed by atoms with Crippen LogP contribution in [0.5, 0.6) is 0 Å². The fourth-order valence-corrected chi connectivity index (χ4v) is 5.40. The van der Waals surface area contributed by atoms with Gasteiger partial charge in [0, 0.05) is 30.8 Å². The summed E-state index contributed by atoms with van der Waals surface area (Å²) in [4.78, 5) is 35.8. The Morgan fingerprint density at radius 3 is 2.74 bits per heavy atom. The van der Waals surface area contributed by atoms with E-state index in [9.17, 15) is 14.9 Å². The Morgan fingerprint density at radius 2 is 1.98 bits per heavy atom. The number of nitrogens with one attached hydrogen (secondary N) is 1. The van der Waals surface area contributed by atoms with Crippen LogP contribution in [0, 0.1) is 30.0 Å². The van der Waals surface area contributed by atoms with Crippen LogP contribution < -0.4 is 10.9 Å². The summed E-state index contributed by atoms with van der Waals surface area (Å²) in [5, 5.41) is 24.2. The molecule has 13 heteroatoms. The van der Waals surface area contributed by atoms with Gasteiger partial charge in [-0.05, 0) is 43.5 Å². The lowest BCUT2D eigenvalue weighted by Crippen LogP contribution is -2.27. The summed E-state index contributed by atoms with van der Waals surface area (Å²) in [6.07, 6.45) is 7.83. The van der Waals surface area contributed by atoms with Gasteiger partial charge in [0.1, 0.15) is 11.9 Å². The Bertz CT molecular complexity index is 1970. The zero-order valence-corrected chi connectivity index (χ0v) is 23.7. The molecule has 0 aliphatic carbocycles. The second-order valence-corrected chi connectivity index (χ2v) is 10.6. The maximum absolute atomic E-state index is 15.6. The first-order valence-electron chi connectivity index (χ1n) is 13.7. The van der Waals surface area contributed by atoms with Gasteiger partial charge in [0.05, 0.1) is 58.8 Å². The second kappa shape index (κ2) is 11.1. The van der Waals surface area contributed by atoms with E-state index in [0.29, 0.717) is 41.9 Å². The van der Waals surface area contributed by atoms with Gasteiger partial charge in [-0.15, -0.1) is 5.10 Å². The van der Waals surface area contributed by atoms with Crippen molar-refractivity contribution in [2.45, 2.75) is 39.2 Å². The number of hydrogen-bond donors (Lipinski definition) is 1. The van der Waals surface area contributed by atoms with Crippen molar-refractivity contribution in [3.63, 3.8) is 0 Å². The van der Waals surface area contributed by atoms with E-state index in [1.54, 1.807) is 43.2 Å². The molecule has 0 fully saturated rings. The monoisotopic (exact) mass is 578 g/mol. The van der Waals surface area contributed by atoms with Crippen LogP contribution in [0.15, 0.2) is 60.0 Å². The highest BCUT2D eigenvalue weighted by molar-refractivity contribution is 5.95. The molecule has 1 aromatic carbocycles. The molecule has 0 saturated carbocycles.